The zero-order valence-corrected chi connectivity index (χ0v) is 12.2. The highest BCUT2D eigenvalue weighted by molar-refractivity contribution is 5.69. The lowest BCUT2D eigenvalue weighted by Crippen LogP contribution is -2.17. The van der Waals surface area contributed by atoms with Crippen LogP contribution >= 0.6 is 0 Å². The van der Waals surface area contributed by atoms with Gasteiger partial charge in [0.25, 0.3) is 0 Å². The first kappa shape index (κ1) is 15.7. The molecule has 0 saturated carbocycles. The maximum Gasteiger partial charge on any atom is 0.417 e. The summed E-state index contributed by atoms with van der Waals surface area (Å²) in [5.74, 6) is 0. The Morgan fingerprint density at radius 1 is 1.05 bits per heavy atom. The molecule has 1 aromatic rings. The Morgan fingerprint density at radius 3 is 1.95 bits per heavy atom. The second-order valence-electron chi connectivity index (χ2n) is 5.99. The van der Waals surface area contributed by atoms with Gasteiger partial charge in [-0.15, -0.1) is 0 Å². The lowest BCUT2D eigenvalue weighted by atomic mass is 9.89. The molecule has 0 saturated heterocycles. The molecule has 0 aromatic carbocycles. The van der Waals surface area contributed by atoms with Gasteiger partial charge in [-0.1, -0.05) is 26.3 Å². The minimum Gasteiger partial charge on any atom is -0.260 e. The number of allylic oxidation sites excluding steroid dienone is 2. The van der Waals surface area contributed by atoms with Crippen molar-refractivity contribution in [3.63, 3.8) is 0 Å². The molecule has 4 heteroatoms. The number of alkyl halides is 3. The largest absolute Gasteiger partial charge is 0.417 e. The summed E-state index contributed by atoms with van der Waals surface area (Å²) in [6.07, 6.45) is -3.03. The van der Waals surface area contributed by atoms with Crippen molar-refractivity contribution in [2.24, 2.45) is 0 Å². The average molecular weight is 271 g/mol. The second-order valence-corrected chi connectivity index (χ2v) is 5.99. The van der Waals surface area contributed by atoms with Gasteiger partial charge in [-0.2, -0.15) is 13.2 Å². The van der Waals surface area contributed by atoms with E-state index in [0.29, 0.717) is 11.3 Å². The van der Waals surface area contributed by atoms with Crippen LogP contribution in [0.4, 0.5) is 13.2 Å². The van der Waals surface area contributed by atoms with Crippen molar-refractivity contribution in [3.8, 4) is 0 Å². The standard InChI is InChI=1S/C15H20F3N/c1-9(2)10(3)11-8-19-13(14(4,5)6)7-12(11)15(16,17)18/h7-8H,1-6H3. The van der Waals surface area contributed by atoms with Crippen molar-refractivity contribution in [3.05, 3.63) is 34.7 Å². The van der Waals surface area contributed by atoms with Crippen LogP contribution in [0.25, 0.3) is 5.57 Å². The molecule has 1 aromatic heterocycles. The van der Waals surface area contributed by atoms with Crippen LogP contribution in [-0.2, 0) is 11.6 Å². The van der Waals surface area contributed by atoms with E-state index in [1.807, 2.05) is 20.8 Å². The number of hydrogen-bond acceptors (Lipinski definition) is 1. The van der Waals surface area contributed by atoms with Gasteiger partial charge in [-0.25, -0.2) is 0 Å². The van der Waals surface area contributed by atoms with Crippen molar-refractivity contribution >= 4 is 5.57 Å². The molecule has 0 spiro atoms. The molecule has 0 unspecified atom stereocenters. The number of halogens is 3. The van der Waals surface area contributed by atoms with Crippen molar-refractivity contribution < 1.29 is 13.2 Å². The molecule has 0 aliphatic rings. The molecule has 1 nitrogen and oxygen atoms in total. The van der Waals surface area contributed by atoms with E-state index < -0.39 is 17.2 Å². The summed E-state index contributed by atoms with van der Waals surface area (Å²) in [5, 5.41) is 0. The van der Waals surface area contributed by atoms with Gasteiger partial charge in [0.1, 0.15) is 0 Å². The molecule has 0 radical (unpaired) electrons. The fourth-order valence-electron chi connectivity index (χ4n) is 1.67. The van der Waals surface area contributed by atoms with E-state index in [-0.39, 0.29) is 5.56 Å². The maximum absolute atomic E-state index is 13.2. The maximum atomic E-state index is 13.2. The summed E-state index contributed by atoms with van der Waals surface area (Å²) in [5.41, 5.74) is 1.09. The highest BCUT2D eigenvalue weighted by Crippen LogP contribution is 2.37. The summed E-state index contributed by atoms with van der Waals surface area (Å²) in [6, 6.07) is 1.17. The number of hydrogen-bond donors (Lipinski definition) is 0. The van der Waals surface area contributed by atoms with Gasteiger partial charge >= 0.3 is 6.18 Å². The van der Waals surface area contributed by atoms with Gasteiger partial charge < -0.3 is 0 Å². The SMILES string of the molecule is CC(C)=C(C)c1cnc(C(C)(C)C)cc1C(F)(F)F. The fourth-order valence-corrected chi connectivity index (χ4v) is 1.67. The van der Waals surface area contributed by atoms with Crippen LogP contribution in [0.15, 0.2) is 17.8 Å². The lowest BCUT2D eigenvalue weighted by molar-refractivity contribution is -0.137. The number of pyridine rings is 1. The molecule has 0 aliphatic carbocycles. The van der Waals surface area contributed by atoms with Crippen molar-refractivity contribution in [1.29, 1.82) is 0 Å². The monoisotopic (exact) mass is 271 g/mol. The van der Waals surface area contributed by atoms with E-state index in [2.05, 4.69) is 4.98 Å². The molecule has 19 heavy (non-hydrogen) atoms. The third kappa shape index (κ3) is 3.58. The molecule has 0 atom stereocenters. The summed E-state index contributed by atoms with van der Waals surface area (Å²) in [6.45, 7) is 10.8. The first-order valence-electron chi connectivity index (χ1n) is 6.16. The molecule has 0 N–H and O–H groups in total. The van der Waals surface area contributed by atoms with Crippen LogP contribution in [-0.4, -0.2) is 4.98 Å². The van der Waals surface area contributed by atoms with Crippen LogP contribution < -0.4 is 0 Å². The molecule has 106 valence electrons. The van der Waals surface area contributed by atoms with Gasteiger partial charge in [-0.3, -0.25) is 4.98 Å². The van der Waals surface area contributed by atoms with Crippen LogP contribution in [0.2, 0.25) is 0 Å². The predicted molar refractivity (Wildman–Crippen MR) is 71.9 cm³/mol. The zero-order chi connectivity index (χ0) is 15.0. The van der Waals surface area contributed by atoms with Crippen molar-refractivity contribution in [2.75, 3.05) is 0 Å². The molecule has 0 fully saturated rings. The van der Waals surface area contributed by atoms with Gasteiger partial charge in [0.2, 0.25) is 0 Å². The van der Waals surface area contributed by atoms with E-state index >= 15 is 0 Å². The van der Waals surface area contributed by atoms with Gasteiger partial charge in [0.05, 0.1) is 5.56 Å². The Balaban J connectivity index is 3.56. The minimum atomic E-state index is -4.37. The molecule has 1 rings (SSSR count). The lowest BCUT2D eigenvalue weighted by Gasteiger charge is -2.21. The summed E-state index contributed by atoms with van der Waals surface area (Å²) >= 11 is 0. The molecular formula is C15H20F3N. The highest BCUT2D eigenvalue weighted by Gasteiger charge is 2.35. The van der Waals surface area contributed by atoms with Gasteiger partial charge in [0.15, 0.2) is 0 Å². The average Bonchev–Trinajstić information content (AvgIpc) is 2.24. The predicted octanol–water partition coefficient (Wildman–Crippen LogP) is 5.21. The number of rotatable bonds is 1. The summed E-state index contributed by atoms with van der Waals surface area (Å²) in [4.78, 5) is 4.19. The van der Waals surface area contributed by atoms with Crippen molar-refractivity contribution in [1.82, 2.24) is 4.98 Å². The fraction of sp³-hybridized carbons (Fsp3) is 0.533. The highest BCUT2D eigenvalue weighted by atomic mass is 19.4. The Kier molecular flexibility index (Phi) is 4.13. The number of nitrogens with zero attached hydrogens (tertiary/aromatic N) is 1. The van der Waals surface area contributed by atoms with E-state index in [4.69, 9.17) is 0 Å². The molecule has 0 aliphatic heterocycles. The molecule has 0 amide bonds. The first-order valence-corrected chi connectivity index (χ1v) is 6.16. The van der Waals surface area contributed by atoms with Crippen LogP contribution in [0.1, 0.15) is 58.4 Å². The van der Waals surface area contributed by atoms with Crippen LogP contribution in [0, 0.1) is 0 Å². The second kappa shape index (κ2) is 4.99. The quantitative estimate of drug-likeness (QED) is 0.683. The Bertz CT molecular complexity index is 501. The van der Waals surface area contributed by atoms with E-state index in [0.717, 1.165) is 5.57 Å². The normalized spacial score (nSPS) is 12.5. The summed E-state index contributed by atoms with van der Waals surface area (Å²) < 4.78 is 39.6. The smallest absolute Gasteiger partial charge is 0.260 e. The Hall–Kier alpha value is -1.32. The topological polar surface area (TPSA) is 12.9 Å². The van der Waals surface area contributed by atoms with Crippen LogP contribution in [0.5, 0.6) is 0 Å². The Morgan fingerprint density at radius 2 is 1.58 bits per heavy atom. The molecular weight excluding hydrogens is 251 g/mol. The third-order valence-electron chi connectivity index (χ3n) is 3.13. The third-order valence-corrected chi connectivity index (χ3v) is 3.13. The van der Waals surface area contributed by atoms with E-state index in [9.17, 15) is 13.2 Å². The van der Waals surface area contributed by atoms with Gasteiger partial charge in [-0.05, 0) is 32.4 Å². The minimum absolute atomic E-state index is 0.167. The summed E-state index contributed by atoms with van der Waals surface area (Å²) in [7, 11) is 0. The zero-order valence-electron chi connectivity index (χ0n) is 12.2. The molecule has 0 bridgehead atoms. The van der Waals surface area contributed by atoms with Crippen molar-refractivity contribution in [2.45, 2.75) is 53.1 Å². The Labute approximate surface area is 112 Å². The first-order chi connectivity index (χ1) is 8.44. The van der Waals surface area contributed by atoms with Crippen LogP contribution in [0.3, 0.4) is 0 Å². The molecule has 1 heterocycles. The van der Waals surface area contributed by atoms with E-state index in [1.54, 1.807) is 20.8 Å². The number of aromatic nitrogens is 1. The van der Waals surface area contributed by atoms with Gasteiger partial charge in [0, 0.05) is 22.9 Å². The van der Waals surface area contributed by atoms with E-state index in [1.165, 1.54) is 12.3 Å².